The van der Waals surface area contributed by atoms with E-state index in [-0.39, 0.29) is 11.9 Å². The lowest BCUT2D eigenvalue weighted by Gasteiger charge is -2.10. The summed E-state index contributed by atoms with van der Waals surface area (Å²) < 4.78 is 15.5. The summed E-state index contributed by atoms with van der Waals surface area (Å²) in [7, 11) is 3.02. The first kappa shape index (κ1) is 21.9. The number of carbonyl (C=O) groups excluding carboxylic acids is 3. The van der Waals surface area contributed by atoms with E-state index >= 15 is 0 Å². The molecule has 1 aliphatic rings. The Morgan fingerprint density at radius 3 is 2.55 bits per heavy atom. The summed E-state index contributed by atoms with van der Waals surface area (Å²) in [6.45, 7) is -0.461. The molecular formula is C23H24N2O6. The van der Waals surface area contributed by atoms with E-state index < -0.39 is 18.5 Å². The minimum Gasteiger partial charge on any atom is -0.493 e. The molecule has 0 radical (unpaired) electrons. The van der Waals surface area contributed by atoms with E-state index in [0.717, 1.165) is 12.8 Å². The number of hydrogen-bond donors (Lipinski definition) is 2. The van der Waals surface area contributed by atoms with Gasteiger partial charge in [0.05, 0.1) is 14.2 Å². The highest BCUT2D eigenvalue weighted by Crippen LogP contribution is 2.31. The van der Waals surface area contributed by atoms with Crippen LogP contribution in [0.1, 0.15) is 28.8 Å². The molecule has 31 heavy (non-hydrogen) atoms. The average Bonchev–Trinajstić information content (AvgIpc) is 3.60. The smallest absolute Gasteiger partial charge is 0.331 e. The van der Waals surface area contributed by atoms with Crippen LogP contribution in [0.15, 0.2) is 48.5 Å². The third-order valence-corrected chi connectivity index (χ3v) is 4.50. The second-order valence-electron chi connectivity index (χ2n) is 6.90. The molecule has 1 aliphatic carbocycles. The molecule has 0 atom stereocenters. The molecule has 0 aliphatic heterocycles. The predicted molar refractivity (Wildman–Crippen MR) is 115 cm³/mol. The number of anilines is 1. The number of hydrogen-bond acceptors (Lipinski definition) is 6. The third-order valence-electron chi connectivity index (χ3n) is 4.50. The first-order valence-electron chi connectivity index (χ1n) is 9.76. The van der Waals surface area contributed by atoms with Gasteiger partial charge in [0.1, 0.15) is 0 Å². The van der Waals surface area contributed by atoms with Crippen LogP contribution in [0.4, 0.5) is 5.69 Å². The van der Waals surface area contributed by atoms with Crippen molar-refractivity contribution in [1.29, 1.82) is 0 Å². The molecule has 2 aromatic rings. The molecule has 1 saturated carbocycles. The molecule has 0 heterocycles. The molecule has 0 aromatic heterocycles. The van der Waals surface area contributed by atoms with Crippen LogP contribution in [0.3, 0.4) is 0 Å². The van der Waals surface area contributed by atoms with Crippen LogP contribution in [0.25, 0.3) is 6.08 Å². The van der Waals surface area contributed by atoms with E-state index in [0.29, 0.717) is 28.3 Å². The van der Waals surface area contributed by atoms with E-state index in [1.807, 2.05) is 0 Å². The van der Waals surface area contributed by atoms with Crippen molar-refractivity contribution >= 4 is 29.5 Å². The maximum Gasteiger partial charge on any atom is 0.331 e. The number of para-hydroxylation sites is 1. The second-order valence-corrected chi connectivity index (χ2v) is 6.90. The number of methoxy groups -OCH3 is 2. The van der Waals surface area contributed by atoms with Gasteiger partial charge in [-0.1, -0.05) is 18.2 Å². The lowest BCUT2D eigenvalue weighted by Crippen LogP contribution is -2.25. The normalized spacial score (nSPS) is 12.8. The summed E-state index contributed by atoms with van der Waals surface area (Å²) in [6.07, 6.45) is 4.70. The van der Waals surface area contributed by atoms with Gasteiger partial charge in [-0.15, -0.1) is 0 Å². The first-order chi connectivity index (χ1) is 15.0. The number of rotatable bonds is 9. The van der Waals surface area contributed by atoms with Crippen molar-refractivity contribution in [3.05, 3.63) is 59.7 Å². The number of benzene rings is 2. The van der Waals surface area contributed by atoms with Crippen LogP contribution in [0, 0.1) is 0 Å². The van der Waals surface area contributed by atoms with Crippen molar-refractivity contribution in [2.75, 3.05) is 26.1 Å². The molecule has 1 fully saturated rings. The van der Waals surface area contributed by atoms with Gasteiger partial charge in [0, 0.05) is 28.9 Å². The summed E-state index contributed by atoms with van der Waals surface area (Å²) in [5, 5.41) is 5.50. The highest BCUT2D eigenvalue weighted by Gasteiger charge is 2.23. The maximum atomic E-state index is 12.1. The fourth-order valence-electron chi connectivity index (χ4n) is 2.82. The maximum absolute atomic E-state index is 12.1. The lowest BCUT2D eigenvalue weighted by molar-refractivity contribution is -0.142. The number of ether oxygens (including phenoxy) is 3. The molecule has 0 unspecified atom stereocenters. The molecule has 162 valence electrons. The predicted octanol–water partition coefficient (Wildman–Crippen LogP) is 2.79. The highest BCUT2D eigenvalue weighted by molar-refractivity contribution is 5.98. The zero-order valence-corrected chi connectivity index (χ0v) is 17.3. The Labute approximate surface area is 180 Å². The average molecular weight is 424 g/mol. The van der Waals surface area contributed by atoms with Gasteiger partial charge in [0.15, 0.2) is 18.1 Å². The molecule has 0 bridgehead atoms. The van der Waals surface area contributed by atoms with Gasteiger partial charge in [-0.05, 0) is 43.2 Å². The van der Waals surface area contributed by atoms with E-state index in [9.17, 15) is 14.4 Å². The number of esters is 1. The quantitative estimate of drug-likeness (QED) is 0.474. The minimum absolute atomic E-state index is 0.178. The van der Waals surface area contributed by atoms with Gasteiger partial charge in [0.25, 0.3) is 11.8 Å². The van der Waals surface area contributed by atoms with Crippen LogP contribution in [-0.2, 0) is 14.3 Å². The van der Waals surface area contributed by atoms with Crippen molar-refractivity contribution < 1.29 is 28.6 Å². The monoisotopic (exact) mass is 424 g/mol. The van der Waals surface area contributed by atoms with Gasteiger partial charge in [-0.3, -0.25) is 9.59 Å². The number of nitrogens with one attached hydrogen (secondary N) is 2. The number of carbonyl (C=O) groups is 3. The second kappa shape index (κ2) is 10.3. The lowest BCUT2D eigenvalue weighted by atomic mass is 10.1. The summed E-state index contributed by atoms with van der Waals surface area (Å²) in [5.74, 6) is -0.357. The zero-order valence-electron chi connectivity index (χ0n) is 17.3. The van der Waals surface area contributed by atoms with Crippen molar-refractivity contribution in [2.45, 2.75) is 18.9 Å². The van der Waals surface area contributed by atoms with Gasteiger partial charge in [0.2, 0.25) is 0 Å². The Kier molecular flexibility index (Phi) is 7.26. The molecule has 3 rings (SSSR count). The summed E-state index contributed by atoms with van der Waals surface area (Å²) >= 11 is 0. The standard InChI is InChI=1S/C23H24N2O6/c1-29-19-8-4-5-15(22(19)30-2)9-12-21(27)31-14-20(26)24-18-7-3-6-16(13-18)23(28)25-17-10-11-17/h3-9,12-13,17H,10-11,14H2,1-2H3,(H,24,26)(H,25,28)/b12-9+. The molecule has 2 amide bonds. The summed E-state index contributed by atoms with van der Waals surface area (Å²) in [5.41, 5.74) is 1.53. The van der Waals surface area contributed by atoms with E-state index in [4.69, 9.17) is 14.2 Å². The van der Waals surface area contributed by atoms with Crippen LogP contribution in [0.5, 0.6) is 11.5 Å². The molecule has 0 saturated heterocycles. The molecule has 8 heteroatoms. The summed E-state index contributed by atoms with van der Waals surface area (Å²) in [6, 6.07) is 12.1. The molecule has 0 spiro atoms. The minimum atomic E-state index is -0.683. The Morgan fingerprint density at radius 1 is 1.06 bits per heavy atom. The van der Waals surface area contributed by atoms with Crippen LogP contribution < -0.4 is 20.1 Å². The van der Waals surface area contributed by atoms with Crippen molar-refractivity contribution in [2.24, 2.45) is 0 Å². The zero-order chi connectivity index (χ0) is 22.2. The van der Waals surface area contributed by atoms with E-state index in [1.165, 1.54) is 26.4 Å². The van der Waals surface area contributed by atoms with Gasteiger partial charge in [-0.2, -0.15) is 0 Å². The topological polar surface area (TPSA) is 103 Å². The fourth-order valence-corrected chi connectivity index (χ4v) is 2.82. The largest absolute Gasteiger partial charge is 0.493 e. The van der Waals surface area contributed by atoms with Crippen LogP contribution in [-0.4, -0.2) is 44.7 Å². The molecule has 2 N–H and O–H groups in total. The molecular weight excluding hydrogens is 400 g/mol. The Hall–Kier alpha value is -3.81. The molecule has 2 aromatic carbocycles. The van der Waals surface area contributed by atoms with Crippen molar-refractivity contribution in [1.82, 2.24) is 5.32 Å². The van der Waals surface area contributed by atoms with Crippen molar-refractivity contribution in [3.8, 4) is 11.5 Å². The highest BCUT2D eigenvalue weighted by atomic mass is 16.5. The van der Waals surface area contributed by atoms with E-state index in [1.54, 1.807) is 42.5 Å². The van der Waals surface area contributed by atoms with E-state index in [2.05, 4.69) is 10.6 Å². The van der Waals surface area contributed by atoms with Gasteiger partial charge >= 0.3 is 5.97 Å². The Bertz CT molecular complexity index is 997. The fraction of sp³-hybridized carbons (Fsp3) is 0.261. The van der Waals surface area contributed by atoms with Crippen LogP contribution in [0.2, 0.25) is 0 Å². The Balaban J connectivity index is 1.51. The SMILES string of the molecule is COc1cccc(/C=C/C(=O)OCC(=O)Nc2cccc(C(=O)NC3CC3)c2)c1OC. The summed E-state index contributed by atoms with van der Waals surface area (Å²) in [4.78, 5) is 36.2. The van der Waals surface area contributed by atoms with Crippen LogP contribution >= 0.6 is 0 Å². The first-order valence-corrected chi connectivity index (χ1v) is 9.76. The Morgan fingerprint density at radius 2 is 1.84 bits per heavy atom. The van der Waals surface area contributed by atoms with Gasteiger partial charge in [-0.25, -0.2) is 4.79 Å². The van der Waals surface area contributed by atoms with Crippen molar-refractivity contribution in [3.63, 3.8) is 0 Å². The number of amides is 2. The molecule has 8 nitrogen and oxygen atoms in total. The van der Waals surface area contributed by atoms with Gasteiger partial charge < -0.3 is 24.8 Å². The third kappa shape index (κ3) is 6.33.